The summed E-state index contributed by atoms with van der Waals surface area (Å²) in [6.45, 7) is 1.96. The number of anilines is 1. The van der Waals surface area contributed by atoms with Crippen molar-refractivity contribution in [2.24, 2.45) is 5.92 Å². The second-order valence-corrected chi connectivity index (χ2v) is 6.28. The van der Waals surface area contributed by atoms with E-state index >= 15 is 0 Å². The van der Waals surface area contributed by atoms with Crippen LogP contribution in [-0.4, -0.2) is 10.9 Å². The van der Waals surface area contributed by atoms with E-state index in [9.17, 15) is 4.79 Å². The lowest BCUT2D eigenvalue weighted by atomic mass is 9.83. The fraction of sp³-hybridized carbons (Fsp3) is 0.294. The minimum Gasteiger partial charge on any atom is -0.324 e. The first-order valence-corrected chi connectivity index (χ1v) is 7.92. The topological polar surface area (TPSA) is 42.0 Å². The van der Waals surface area contributed by atoms with Crippen LogP contribution in [0.1, 0.15) is 23.1 Å². The molecule has 1 unspecified atom stereocenters. The summed E-state index contributed by atoms with van der Waals surface area (Å²) in [5.74, 6) is 0.136. The molecule has 4 heteroatoms. The number of fused-ring (bicyclic) bond motifs is 1. The van der Waals surface area contributed by atoms with Crippen molar-refractivity contribution in [2.75, 3.05) is 5.32 Å². The lowest BCUT2D eigenvalue weighted by Crippen LogP contribution is -2.28. The number of halogens is 1. The van der Waals surface area contributed by atoms with Crippen LogP contribution in [0.2, 0.25) is 0 Å². The van der Waals surface area contributed by atoms with Crippen molar-refractivity contribution in [1.29, 1.82) is 0 Å². The largest absolute Gasteiger partial charge is 0.324 e. The lowest BCUT2D eigenvalue weighted by Gasteiger charge is -2.23. The number of aryl methyl sites for hydroxylation is 2. The molecule has 1 aliphatic rings. The molecule has 0 aliphatic heterocycles. The summed E-state index contributed by atoms with van der Waals surface area (Å²) >= 11 is 3.37. The Morgan fingerprint density at radius 2 is 2.10 bits per heavy atom. The first kappa shape index (κ1) is 14.3. The minimum atomic E-state index is 0.0452. The van der Waals surface area contributed by atoms with Crippen LogP contribution in [-0.2, 0) is 17.6 Å². The van der Waals surface area contributed by atoms with Gasteiger partial charge in [-0.05, 0) is 64.9 Å². The fourth-order valence-corrected chi connectivity index (χ4v) is 3.01. The number of hydrogen-bond donors (Lipinski definition) is 1. The highest BCUT2D eigenvalue weighted by Gasteiger charge is 2.24. The van der Waals surface area contributed by atoms with E-state index in [1.807, 2.05) is 19.1 Å². The van der Waals surface area contributed by atoms with Crippen LogP contribution in [0.3, 0.4) is 0 Å². The fourth-order valence-electron chi connectivity index (χ4n) is 2.79. The zero-order valence-electron chi connectivity index (χ0n) is 11.9. The second-order valence-electron chi connectivity index (χ2n) is 5.53. The van der Waals surface area contributed by atoms with Gasteiger partial charge in [0, 0.05) is 5.92 Å². The normalized spacial score (nSPS) is 17.1. The highest BCUT2D eigenvalue weighted by atomic mass is 79.9. The van der Waals surface area contributed by atoms with Gasteiger partial charge in [0.1, 0.15) is 4.60 Å². The number of nitrogens with one attached hydrogen (secondary N) is 1. The van der Waals surface area contributed by atoms with Crippen molar-refractivity contribution in [2.45, 2.75) is 26.2 Å². The summed E-state index contributed by atoms with van der Waals surface area (Å²) in [6, 6.07) is 10.3. The summed E-state index contributed by atoms with van der Waals surface area (Å²) in [6.07, 6.45) is 4.40. The molecule has 2 aromatic rings. The number of pyridine rings is 1. The molecular formula is C17H17BrN2O. The van der Waals surface area contributed by atoms with E-state index in [-0.39, 0.29) is 11.8 Å². The van der Waals surface area contributed by atoms with Crippen molar-refractivity contribution in [1.82, 2.24) is 4.98 Å². The van der Waals surface area contributed by atoms with Crippen molar-refractivity contribution < 1.29 is 4.79 Å². The Kier molecular flexibility index (Phi) is 4.06. The Morgan fingerprint density at radius 1 is 1.33 bits per heavy atom. The second kappa shape index (κ2) is 5.98. The van der Waals surface area contributed by atoms with Gasteiger partial charge in [-0.2, -0.15) is 0 Å². The van der Waals surface area contributed by atoms with E-state index < -0.39 is 0 Å². The smallest absolute Gasteiger partial charge is 0.227 e. The first-order valence-electron chi connectivity index (χ1n) is 7.13. The molecule has 0 bridgehead atoms. The van der Waals surface area contributed by atoms with Crippen LogP contribution in [0.5, 0.6) is 0 Å². The van der Waals surface area contributed by atoms with Gasteiger partial charge in [-0.1, -0.05) is 24.3 Å². The SMILES string of the molecule is Cc1cc(NC(=O)C2CCc3ccccc3C2)cnc1Br. The molecule has 0 saturated carbocycles. The van der Waals surface area contributed by atoms with Crippen LogP contribution in [0.25, 0.3) is 0 Å². The summed E-state index contributed by atoms with van der Waals surface area (Å²) in [4.78, 5) is 16.6. The predicted molar refractivity (Wildman–Crippen MR) is 87.3 cm³/mol. The number of carbonyl (C=O) groups is 1. The quantitative estimate of drug-likeness (QED) is 0.839. The van der Waals surface area contributed by atoms with E-state index in [0.29, 0.717) is 0 Å². The van der Waals surface area contributed by atoms with E-state index in [0.717, 1.165) is 35.1 Å². The van der Waals surface area contributed by atoms with Gasteiger partial charge in [0.05, 0.1) is 11.9 Å². The number of aromatic nitrogens is 1. The third kappa shape index (κ3) is 3.16. The van der Waals surface area contributed by atoms with Crippen molar-refractivity contribution >= 4 is 27.5 Å². The number of hydrogen-bond acceptors (Lipinski definition) is 2. The highest BCUT2D eigenvalue weighted by Crippen LogP contribution is 2.26. The standard InChI is InChI=1S/C17H17BrN2O/c1-11-8-15(10-19-16(11)18)20-17(21)14-7-6-12-4-2-3-5-13(12)9-14/h2-5,8,10,14H,6-7,9H2,1H3,(H,20,21). The van der Waals surface area contributed by atoms with Gasteiger partial charge in [-0.25, -0.2) is 4.98 Å². The Balaban J connectivity index is 1.70. The molecule has 1 aliphatic carbocycles. The van der Waals surface area contributed by atoms with Crippen molar-refractivity contribution in [3.63, 3.8) is 0 Å². The Morgan fingerprint density at radius 3 is 2.86 bits per heavy atom. The van der Waals surface area contributed by atoms with E-state index in [4.69, 9.17) is 0 Å². The van der Waals surface area contributed by atoms with E-state index in [1.54, 1.807) is 6.20 Å². The summed E-state index contributed by atoms with van der Waals surface area (Å²) in [7, 11) is 0. The molecule has 108 valence electrons. The Labute approximate surface area is 132 Å². The van der Waals surface area contributed by atoms with E-state index in [2.05, 4.69) is 44.4 Å². The van der Waals surface area contributed by atoms with Crippen LogP contribution in [0.4, 0.5) is 5.69 Å². The molecule has 1 aromatic heterocycles. The van der Waals surface area contributed by atoms with Gasteiger partial charge >= 0.3 is 0 Å². The molecule has 0 spiro atoms. The molecule has 1 amide bonds. The van der Waals surface area contributed by atoms with Crippen LogP contribution in [0.15, 0.2) is 41.1 Å². The predicted octanol–water partition coefficient (Wildman–Crippen LogP) is 3.90. The maximum absolute atomic E-state index is 12.4. The maximum atomic E-state index is 12.4. The third-order valence-corrected chi connectivity index (χ3v) is 4.83. The number of benzene rings is 1. The third-order valence-electron chi connectivity index (χ3n) is 4.00. The molecule has 1 N–H and O–H groups in total. The van der Waals surface area contributed by atoms with Gasteiger partial charge in [-0.15, -0.1) is 0 Å². The highest BCUT2D eigenvalue weighted by molar-refractivity contribution is 9.10. The molecule has 0 radical (unpaired) electrons. The zero-order chi connectivity index (χ0) is 14.8. The van der Waals surface area contributed by atoms with Gasteiger partial charge in [0.2, 0.25) is 5.91 Å². The van der Waals surface area contributed by atoms with Crippen molar-refractivity contribution in [3.8, 4) is 0 Å². The van der Waals surface area contributed by atoms with Crippen molar-refractivity contribution in [3.05, 3.63) is 57.8 Å². The molecule has 1 aromatic carbocycles. The number of nitrogens with zero attached hydrogens (tertiary/aromatic N) is 1. The molecule has 0 fully saturated rings. The molecular weight excluding hydrogens is 328 g/mol. The van der Waals surface area contributed by atoms with Crippen LogP contribution >= 0.6 is 15.9 Å². The zero-order valence-corrected chi connectivity index (χ0v) is 13.5. The number of carbonyl (C=O) groups excluding carboxylic acids is 1. The molecule has 0 saturated heterocycles. The average molecular weight is 345 g/mol. The summed E-state index contributed by atoms with van der Waals surface area (Å²) in [5.41, 5.74) is 4.46. The van der Waals surface area contributed by atoms with Crippen LogP contribution < -0.4 is 5.32 Å². The molecule has 3 rings (SSSR count). The molecule has 3 nitrogen and oxygen atoms in total. The van der Waals surface area contributed by atoms with Gasteiger partial charge < -0.3 is 5.32 Å². The van der Waals surface area contributed by atoms with E-state index in [1.165, 1.54) is 11.1 Å². The lowest BCUT2D eigenvalue weighted by molar-refractivity contribution is -0.120. The number of rotatable bonds is 2. The number of amides is 1. The monoisotopic (exact) mass is 344 g/mol. The summed E-state index contributed by atoms with van der Waals surface area (Å²) in [5, 5.41) is 2.99. The summed E-state index contributed by atoms with van der Waals surface area (Å²) < 4.78 is 0.812. The molecule has 21 heavy (non-hydrogen) atoms. The average Bonchev–Trinajstić information content (AvgIpc) is 2.50. The minimum absolute atomic E-state index is 0.0452. The molecule has 1 atom stereocenters. The Hall–Kier alpha value is -1.68. The van der Waals surface area contributed by atoms with Gasteiger partial charge in [0.25, 0.3) is 0 Å². The van der Waals surface area contributed by atoms with Gasteiger partial charge in [-0.3, -0.25) is 4.79 Å². The van der Waals surface area contributed by atoms with Gasteiger partial charge in [0.15, 0.2) is 0 Å². The Bertz CT molecular complexity index is 684. The van der Waals surface area contributed by atoms with Crippen LogP contribution in [0, 0.1) is 12.8 Å². The molecule has 1 heterocycles. The maximum Gasteiger partial charge on any atom is 0.227 e. The first-order chi connectivity index (χ1) is 10.1.